The summed E-state index contributed by atoms with van der Waals surface area (Å²) in [6.07, 6.45) is -0.682. The zero-order valence-corrected chi connectivity index (χ0v) is 18.4. The summed E-state index contributed by atoms with van der Waals surface area (Å²) in [7, 11) is 1.54. The number of aromatic carboxylic acids is 1. The molecular formula is C22H21ClF2N4O3. The van der Waals surface area contributed by atoms with Crippen LogP contribution in [-0.4, -0.2) is 31.5 Å². The van der Waals surface area contributed by atoms with E-state index in [1.165, 1.54) is 16.7 Å². The molecule has 1 aliphatic rings. The lowest BCUT2D eigenvalue weighted by atomic mass is 9.80. The van der Waals surface area contributed by atoms with E-state index in [0.717, 1.165) is 5.56 Å². The molecule has 32 heavy (non-hydrogen) atoms. The molecule has 0 saturated heterocycles. The first kappa shape index (κ1) is 22.1. The number of benzene rings is 1. The minimum atomic E-state index is -2.74. The Bertz CT molecular complexity index is 1300. The Morgan fingerprint density at radius 1 is 1.31 bits per heavy atom. The van der Waals surface area contributed by atoms with E-state index in [4.69, 9.17) is 11.6 Å². The number of aromatic nitrogens is 3. The average molecular weight is 463 g/mol. The van der Waals surface area contributed by atoms with E-state index in [-0.39, 0.29) is 34.9 Å². The second kappa shape index (κ2) is 7.81. The maximum atomic E-state index is 13.5. The third-order valence-corrected chi connectivity index (χ3v) is 5.96. The molecule has 1 saturated carbocycles. The van der Waals surface area contributed by atoms with Crippen LogP contribution in [0.1, 0.15) is 59.2 Å². The largest absolute Gasteiger partial charge is 0.476 e. The fraction of sp³-hybridized carbons (Fsp3) is 0.364. The van der Waals surface area contributed by atoms with Gasteiger partial charge in [0.15, 0.2) is 5.69 Å². The van der Waals surface area contributed by atoms with Crippen LogP contribution in [0.25, 0.3) is 10.9 Å². The summed E-state index contributed by atoms with van der Waals surface area (Å²) in [6, 6.07) is 6.08. The molecule has 1 aliphatic carbocycles. The smallest absolute Gasteiger partial charge is 0.356 e. The summed E-state index contributed by atoms with van der Waals surface area (Å²) in [5.41, 5.74) is 1.58. The predicted molar refractivity (Wildman–Crippen MR) is 117 cm³/mol. The Labute approximate surface area is 187 Å². The molecule has 7 nitrogen and oxygen atoms in total. The quantitative estimate of drug-likeness (QED) is 0.534. The number of hydrogen-bond acceptors (Lipinski definition) is 5. The van der Waals surface area contributed by atoms with E-state index in [0.29, 0.717) is 22.3 Å². The normalized spacial score (nSPS) is 16.6. The molecule has 0 amide bonds. The first-order chi connectivity index (χ1) is 15.0. The minimum Gasteiger partial charge on any atom is -0.476 e. The maximum absolute atomic E-state index is 13.5. The van der Waals surface area contributed by atoms with Crippen molar-refractivity contribution in [3.63, 3.8) is 0 Å². The van der Waals surface area contributed by atoms with Gasteiger partial charge >= 0.3 is 5.97 Å². The zero-order chi connectivity index (χ0) is 23.4. The highest BCUT2D eigenvalue weighted by atomic mass is 35.5. The van der Waals surface area contributed by atoms with E-state index in [1.54, 1.807) is 20.0 Å². The number of pyridine rings is 1. The molecule has 0 radical (unpaired) electrons. The van der Waals surface area contributed by atoms with Gasteiger partial charge in [-0.05, 0) is 37.6 Å². The number of fused-ring (bicyclic) bond motifs is 1. The van der Waals surface area contributed by atoms with Crippen LogP contribution in [-0.2, 0) is 7.05 Å². The van der Waals surface area contributed by atoms with E-state index < -0.39 is 23.9 Å². The SMILES string of the molecule is Cc1cc(C(C)Nc2ccc(Cl)nc2C(=O)O)c2nc(C3CC(F)(F)C3)n(C)c(=O)c2c1. The molecule has 1 aromatic carbocycles. The van der Waals surface area contributed by atoms with Gasteiger partial charge in [0.05, 0.1) is 22.6 Å². The van der Waals surface area contributed by atoms with Crippen molar-refractivity contribution in [1.82, 2.24) is 14.5 Å². The van der Waals surface area contributed by atoms with Crippen molar-refractivity contribution in [3.05, 3.63) is 62.4 Å². The van der Waals surface area contributed by atoms with Gasteiger partial charge < -0.3 is 10.4 Å². The van der Waals surface area contributed by atoms with E-state index in [9.17, 15) is 23.5 Å². The number of anilines is 1. The standard InChI is InChI=1S/C22H21ClF2N4O3/c1-10-6-13(11(2)26-15-4-5-16(23)27-18(15)21(31)32)17-14(7-10)20(30)29(3)19(28-17)12-8-22(24,25)9-12/h4-7,11-12,26H,8-9H2,1-3H3,(H,31,32). The van der Waals surface area contributed by atoms with Gasteiger partial charge in [0.1, 0.15) is 11.0 Å². The van der Waals surface area contributed by atoms with E-state index in [1.807, 2.05) is 13.0 Å². The molecule has 1 atom stereocenters. The van der Waals surface area contributed by atoms with Crippen LogP contribution in [0, 0.1) is 6.92 Å². The Morgan fingerprint density at radius 2 is 2.00 bits per heavy atom. The molecule has 1 unspecified atom stereocenters. The first-order valence-electron chi connectivity index (χ1n) is 10.0. The van der Waals surface area contributed by atoms with Crippen molar-refractivity contribution in [2.24, 2.45) is 7.05 Å². The number of rotatable bonds is 5. The maximum Gasteiger partial charge on any atom is 0.356 e. The zero-order valence-electron chi connectivity index (χ0n) is 17.6. The monoisotopic (exact) mass is 462 g/mol. The van der Waals surface area contributed by atoms with E-state index >= 15 is 0 Å². The van der Waals surface area contributed by atoms with Crippen molar-refractivity contribution in [2.75, 3.05) is 5.32 Å². The third-order valence-electron chi connectivity index (χ3n) is 5.75. The molecule has 0 spiro atoms. The Balaban J connectivity index is 1.81. The highest BCUT2D eigenvalue weighted by Gasteiger charge is 2.47. The highest BCUT2D eigenvalue weighted by molar-refractivity contribution is 6.29. The van der Waals surface area contributed by atoms with Crippen LogP contribution in [0.4, 0.5) is 14.5 Å². The van der Waals surface area contributed by atoms with Gasteiger partial charge in [-0.25, -0.2) is 23.5 Å². The van der Waals surface area contributed by atoms with Gasteiger partial charge in [-0.15, -0.1) is 0 Å². The fourth-order valence-corrected chi connectivity index (χ4v) is 4.28. The fourth-order valence-electron chi connectivity index (χ4n) is 4.13. The molecule has 0 aliphatic heterocycles. The number of carboxylic acid groups (broad SMARTS) is 1. The van der Waals surface area contributed by atoms with Gasteiger partial charge in [0.2, 0.25) is 5.92 Å². The molecule has 0 bridgehead atoms. The summed E-state index contributed by atoms with van der Waals surface area (Å²) in [5.74, 6) is -4.15. The van der Waals surface area contributed by atoms with Crippen LogP contribution in [0.5, 0.6) is 0 Å². The van der Waals surface area contributed by atoms with Gasteiger partial charge in [-0.1, -0.05) is 17.7 Å². The molecule has 1 fully saturated rings. The molecule has 4 rings (SSSR count). The summed E-state index contributed by atoms with van der Waals surface area (Å²) in [5, 5.41) is 13.0. The Morgan fingerprint density at radius 3 is 2.62 bits per heavy atom. The van der Waals surface area contributed by atoms with Crippen molar-refractivity contribution in [3.8, 4) is 0 Å². The van der Waals surface area contributed by atoms with E-state index in [2.05, 4.69) is 15.3 Å². The number of nitrogens with one attached hydrogen (secondary N) is 1. The summed E-state index contributed by atoms with van der Waals surface area (Å²) in [6.45, 7) is 3.63. The van der Waals surface area contributed by atoms with Crippen LogP contribution in [0.15, 0.2) is 29.1 Å². The molecule has 3 aromatic rings. The average Bonchev–Trinajstić information content (AvgIpc) is 2.69. The molecule has 2 N–H and O–H groups in total. The first-order valence-corrected chi connectivity index (χ1v) is 10.4. The lowest BCUT2D eigenvalue weighted by Crippen LogP contribution is -2.37. The number of hydrogen-bond donors (Lipinski definition) is 2. The van der Waals surface area contributed by atoms with Crippen LogP contribution in [0.2, 0.25) is 5.15 Å². The van der Waals surface area contributed by atoms with Gasteiger partial charge in [-0.3, -0.25) is 9.36 Å². The number of nitrogens with zero attached hydrogens (tertiary/aromatic N) is 3. The van der Waals surface area contributed by atoms with Crippen molar-refractivity contribution < 1.29 is 18.7 Å². The molecule has 2 heterocycles. The molecule has 10 heteroatoms. The predicted octanol–water partition coefficient (Wildman–Crippen LogP) is 4.67. The lowest BCUT2D eigenvalue weighted by Gasteiger charge is -2.35. The van der Waals surface area contributed by atoms with Gasteiger partial charge in [0, 0.05) is 31.4 Å². The van der Waals surface area contributed by atoms with Crippen LogP contribution < -0.4 is 10.9 Å². The number of halogens is 3. The molecular weight excluding hydrogens is 442 g/mol. The Kier molecular flexibility index (Phi) is 5.40. The number of aryl methyl sites for hydroxylation is 1. The highest BCUT2D eigenvalue weighted by Crippen LogP contribution is 2.47. The van der Waals surface area contributed by atoms with Crippen molar-refractivity contribution in [2.45, 2.75) is 44.6 Å². The second-order valence-corrected chi connectivity index (χ2v) is 8.63. The summed E-state index contributed by atoms with van der Waals surface area (Å²) in [4.78, 5) is 33.1. The van der Waals surface area contributed by atoms with Crippen molar-refractivity contribution >= 4 is 34.2 Å². The topological polar surface area (TPSA) is 97.1 Å². The summed E-state index contributed by atoms with van der Waals surface area (Å²) >= 11 is 5.83. The summed E-state index contributed by atoms with van der Waals surface area (Å²) < 4.78 is 28.3. The molecule has 168 valence electrons. The number of carbonyl (C=O) groups is 1. The van der Waals surface area contributed by atoms with Crippen LogP contribution in [0.3, 0.4) is 0 Å². The second-order valence-electron chi connectivity index (χ2n) is 8.25. The number of alkyl halides is 2. The Hall–Kier alpha value is -3.07. The van der Waals surface area contributed by atoms with Crippen molar-refractivity contribution in [1.29, 1.82) is 0 Å². The lowest BCUT2D eigenvalue weighted by molar-refractivity contribution is -0.0891. The van der Waals surface area contributed by atoms with Crippen LogP contribution >= 0.6 is 11.6 Å². The van der Waals surface area contributed by atoms with Gasteiger partial charge in [-0.2, -0.15) is 0 Å². The third kappa shape index (κ3) is 3.92. The number of carboxylic acids is 1. The molecule has 2 aromatic heterocycles. The van der Waals surface area contributed by atoms with Gasteiger partial charge in [0.25, 0.3) is 5.56 Å². The minimum absolute atomic E-state index is 0.0497.